The number of hydrogen-bond acceptors (Lipinski definition) is 9. The molecule has 9 heteroatoms. The molecule has 1 aromatic carbocycles. The summed E-state index contributed by atoms with van der Waals surface area (Å²) >= 11 is 0. The Balaban J connectivity index is 1.28. The van der Waals surface area contributed by atoms with Crippen molar-refractivity contribution in [2.45, 2.75) is 121 Å². The molecule has 0 saturated heterocycles. The van der Waals surface area contributed by atoms with Crippen molar-refractivity contribution in [1.82, 2.24) is 10.6 Å². The molecule has 62 heavy (non-hydrogen) atoms. The van der Waals surface area contributed by atoms with E-state index in [9.17, 15) is 25.2 Å². The molecule has 5 aliphatic rings. The van der Waals surface area contributed by atoms with Gasteiger partial charge in [0, 0.05) is 49.7 Å². The van der Waals surface area contributed by atoms with Crippen molar-refractivity contribution in [2.75, 3.05) is 53.9 Å². The molecule has 9 nitrogen and oxygen atoms in total. The van der Waals surface area contributed by atoms with E-state index in [-0.39, 0.29) is 48.3 Å². The maximum atomic E-state index is 12.9. The van der Waals surface area contributed by atoms with Crippen LogP contribution in [0, 0.1) is 40.9 Å². The van der Waals surface area contributed by atoms with E-state index in [0.717, 1.165) is 61.8 Å². The quantitative estimate of drug-likeness (QED) is 0.0309. The lowest BCUT2D eigenvalue weighted by Crippen LogP contribution is -2.65. The molecule has 9 atom stereocenters. The highest BCUT2D eigenvalue weighted by molar-refractivity contribution is 5.74. The molecule has 1 spiro atoms. The SMILES string of the molecule is C=C(/C=C/C=C(/COCO)[C@@H]1CC[C@]2([C@@H]1O)[C@@H]1C(=C(C)C=O)[C@@H](C=C[C@@H]1CCO)C[C@]2(O)CCNC)[C@H]1C/C=C(\C)CN[C@](CCOC)(C2CCCCC2)Cc2cccc(c2)C1. The summed E-state index contributed by atoms with van der Waals surface area (Å²) in [4.78, 5) is 12.4. The zero-order chi connectivity index (χ0) is 44.3. The van der Waals surface area contributed by atoms with Gasteiger partial charge in [0.05, 0.1) is 18.3 Å². The lowest BCUT2D eigenvalue weighted by Gasteiger charge is -2.61. The smallest absolute Gasteiger partial charge is 0.145 e. The van der Waals surface area contributed by atoms with Crippen LogP contribution in [0.4, 0.5) is 0 Å². The van der Waals surface area contributed by atoms with Gasteiger partial charge in [0.15, 0.2) is 0 Å². The number of methoxy groups -OCH3 is 1. The largest absolute Gasteiger partial charge is 0.396 e. The number of aliphatic hydroxyl groups is 4. The predicted octanol–water partition coefficient (Wildman–Crippen LogP) is 7.51. The minimum absolute atomic E-state index is 0.0156. The average Bonchev–Trinajstić information content (AvgIpc) is 3.63. The number of carbonyl (C=O) groups is 1. The highest BCUT2D eigenvalue weighted by atomic mass is 16.6. The number of benzene rings is 1. The molecule has 342 valence electrons. The van der Waals surface area contributed by atoms with Gasteiger partial charge in [0.2, 0.25) is 0 Å². The summed E-state index contributed by atoms with van der Waals surface area (Å²) in [6.07, 6.45) is 25.3. The van der Waals surface area contributed by atoms with E-state index >= 15 is 0 Å². The Morgan fingerprint density at radius 2 is 1.89 bits per heavy atom. The summed E-state index contributed by atoms with van der Waals surface area (Å²) in [6.45, 7) is 10.5. The van der Waals surface area contributed by atoms with Crippen LogP contribution in [0.2, 0.25) is 0 Å². The predicted molar refractivity (Wildman–Crippen MR) is 248 cm³/mol. The Morgan fingerprint density at radius 1 is 1.10 bits per heavy atom. The second-order valence-corrected chi connectivity index (χ2v) is 19.5. The Labute approximate surface area is 372 Å². The van der Waals surface area contributed by atoms with Crippen LogP contribution in [-0.4, -0.2) is 97.8 Å². The molecular weight excluding hydrogens is 777 g/mol. The molecule has 6 N–H and O–H groups in total. The number of nitrogens with one attached hydrogen (secondary N) is 2. The van der Waals surface area contributed by atoms with E-state index in [2.05, 4.69) is 72.7 Å². The second kappa shape index (κ2) is 22.3. The van der Waals surface area contributed by atoms with Crippen LogP contribution in [0.25, 0.3) is 0 Å². The lowest BCUT2D eigenvalue weighted by atomic mass is 9.45. The van der Waals surface area contributed by atoms with Gasteiger partial charge < -0.3 is 40.5 Å². The number of hydrogen-bond donors (Lipinski definition) is 6. The molecule has 0 unspecified atom stereocenters. The number of allylic oxidation sites excluding steroid dienone is 9. The summed E-state index contributed by atoms with van der Waals surface area (Å²) in [5.41, 5.74) is 5.28. The first kappa shape index (κ1) is 48.5. The van der Waals surface area contributed by atoms with Gasteiger partial charge in [-0.15, -0.1) is 0 Å². The third-order valence-corrected chi connectivity index (χ3v) is 16.0. The van der Waals surface area contributed by atoms with Crippen molar-refractivity contribution in [1.29, 1.82) is 0 Å². The molecule has 1 heterocycles. The van der Waals surface area contributed by atoms with Gasteiger partial charge in [0.25, 0.3) is 0 Å². The molecule has 0 radical (unpaired) electrons. The molecule has 6 rings (SSSR count). The molecule has 4 aliphatic carbocycles. The lowest BCUT2D eigenvalue weighted by molar-refractivity contribution is -0.194. The van der Waals surface area contributed by atoms with Crippen LogP contribution in [0.1, 0.15) is 102 Å². The van der Waals surface area contributed by atoms with Crippen LogP contribution in [-0.2, 0) is 27.1 Å². The Hall–Kier alpha value is -2.99. The molecule has 3 saturated carbocycles. The summed E-state index contributed by atoms with van der Waals surface area (Å²) < 4.78 is 11.4. The minimum atomic E-state index is -1.23. The topological polar surface area (TPSA) is 141 Å². The van der Waals surface area contributed by atoms with Crippen LogP contribution >= 0.6 is 0 Å². The van der Waals surface area contributed by atoms with E-state index in [0.29, 0.717) is 50.1 Å². The number of rotatable bonds is 17. The molecule has 1 aliphatic heterocycles. The Kier molecular flexibility index (Phi) is 17.4. The third kappa shape index (κ3) is 10.4. The Morgan fingerprint density at radius 3 is 2.61 bits per heavy atom. The standard InChI is InChI=1S/C53H78N2O7/c1-37-17-18-43(30-40-12-10-13-41(29-40)31-51(55-33-37,25-28-61-5)46-15-7-6-8-16-46)38(2)11-9-14-45(35-62-36-58)47-21-23-53(50(47)59)49-42(22-27-56)19-20-44(48(49)39(3)34-57)32-52(53,60)24-26-54-4/h9-14,17,19-20,29,34,42-44,46-47,49-50,54-56,58-60H,2,6-8,15-16,18,21-28,30-33,35-36H2,1,3-5H3/b11-9+,37-17+,45-14-,48-39?/t42-,43+,44+,47+,49+,50-,51+,52-,53-/m1/s1. The number of ether oxygens (including phenoxy) is 2. The Bertz CT molecular complexity index is 1830. The van der Waals surface area contributed by atoms with E-state index in [1.54, 1.807) is 0 Å². The number of carbonyl (C=O) groups excluding carboxylic acids is 1. The van der Waals surface area contributed by atoms with Crippen LogP contribution in [0.3, 0.4) is 0 Å². The van der Waals surface area contributed by atoms with Crippen molar-refractivity contribution in [2.24, 2.45) is 40.9 Å². The van der Waals surface area contributed by atoms with Gasteiger partial charge in [-0.25, -0.2) is 0 Å². The fraction of sp³-hybridized carbons (Fsp3) is 0.642. The molecule has 3 fully saturated rings. The monoisotopic (exact) mass is 855 g/mol. The van der Waals surface area contributed by atoms with E-state index in [1.165, 1.54) is 48.8 Å². The summed E-state index contributed by atoms with van der Waals surface area (Å²) in [7, 11) is 3.69. The number of aldehydes is 1. The molecule has 4 bridgehead atoms. The number of fused-ring (bicyclic) bond motifs is 5. The van der Waals surface area contributed by atoms with Crippen LogP contribution in [0.15, 0.2) is 95.2 Å². The first-order chi connectivity index (χ1) is 30.0. The van der Waals surface area contributed by atoms with E-state index in [4.69, 9.17) is 9.47 Å². The van der Waals surface area contributed by atoms with Gasteiger partial charge in [0.1, 0.15) is 13.1 Å². The zero-order valence-corrected chi connectivity index (χ0v) is 38.3. The molecule has 0 amide bonds. The highest BCUT2D eigenvalue weighted by Gasteiger charge is 2.68. The summed E-state index contributed by atoms with van der Waals surface area (Å²) in [5, 5.41) is 53.2. The van der Waals surface area contributed by atoms with Gasteiger partial charge in [-0.3, -0.25) is 4.79 Å². The van der Waals surface area contributed by atoms with E-state index < -0.39 is 23.9 Å². The first-order valence-corrected chi connectivity index (χ1v) is 23.7. The molecule has 1 aromatic rings. The fourth-order valence-electron chi connectivity index (χ4n) is 12.8. The van der Waals surface area contributed by atoms with E-state index in [1.807, 2.05) is 33.2 Å². The van der Waals surface area contributed by atoms with Crippen molar-refractivity contribution >= 4 is 6.29 Å². The maximum absolute atomic E-state index is 12.9. The fourth-order valence-corrected chi connectivity index (χ4v) is 12.8. The van der Waals surface area contributed by atoms with Gasteiger partial charge in [-0.2, -0.15) is 0 Å². The van der Waals surface area contributed by atoms with Crippen molar-refractivity contribution in [3.8, 4) is 0 Å². The van der Waals surface area contributed by atoms with Crippen molar-refractivity contribution in [3.05, 3.63) is 106 Å². The van der Waals surface area contributed by atoms with Gasteiger partial charge >= 0.3 is 0 Å². The van der Waals surface area contributed by atoms with Crippen molar-refractivity contribution < 1.29 is 34.7 Å². The van der Waals surface area contributed by atoms with Crippen LogP contribution in [0.5, 0.6) is 0 Å². The summed E-state index contributed by atoms with van der Waals surface area (Å²) in [5.74, 6) is -0.151. The maximum Gasteiger partial charge on any atom is 0.145 e. The minimum Gasteiger partial charge on any atom is -0.396 e. The van der Waals surface area contributed by atoms with Gasteiger partial charge in [-0.05, 0) is 144 Å². The summed E-state index contributed by atoms with van der Waals surface area (Å²) in [6, 6.07) is 9.16. The first-order valence-electron chi connectivity index (χ1n) is 23.7. The third-order valence-electron chi connectivity index (χ3n) is 16.0. The highest BCUT2D eigenvalue weighted by Crippen LogP contribution is 2.67. The molecule has 0 aromatic heterocycles. The number of aliphatic hydroxyl groups excluding tert-OH is 3. The zero-order valence-electron chi connectivity index (χ0n) is 38.3. The average molecular weight is 855 g/mol. The normalized spacial score (nSPS) is 35.0. The second-order valence-electron chi connectivity index (χ2n) is 19.5. The van der Waals surface area contributed by atoms with Crippen molar-refractivity contribution in [3.63, 3.8) is 0 Å². The van der Waals surface area contributed by atoms with Gasteiger partial charge in [-0.1, -0.05) is 103 Å². The van der Waals surface area contributed by atoms with Crippen LogP contribution < -0.4 is 10.6 Å². The molecular formula is C53H78N2O7.